The van der Waals surface area contributed by atoms with Crippen molar-refractivity contribution in [2.45, 2.75) is 23.8 Å². The second-order valence-electron chi connectivity index (χ2n) is 7.37. The highest BCUT2D eigenvalue weighted by Crippen LogP contribution is 2.37. The highest BCUT2D eigenvalue weighted by atomic mass is 35.5. The van der Waals surface area contributed by atoms with E-state index < -0.39 is 10.0 Å². The number of nitrogens with zero attached hydrogens (tertiary/aromatic N) is 1. The third kappa shape index (κ3) is 4.01. The summed E-state index contributed by atoms with van der Waals surface area (Å²) in [4.78, 5) is 14.7. The zero-order valence-corrected chi connectivity index (χ0v) is 17.0. The van der Waals surface area contributed by atoms with Gasteiger partial charge < -0.3 is 10.6 Å². The Morgan fingerprint density at radius 3 is 2.32 bits per heavy atom. The molecule has 2 fully saturated rings. The molecule has 0 radical (unpaired) electrons. The number of nitrogens with two attached hydrogens (primary N) is 1. The van der Waals surface area contributed by atoms with Crippen LogP contribution in [0.5, 0.6) is 0 Å². The molecule has 6 nitrogen and oxygen atoms in total. The van der Waals surface area contributed by atoms with E-state index in [1.54, 1.807) is 36.4 Å². The molecule has 0 bridgehead atoms. The first-order valence-corrected chi connectivity index (χ1v) is 10.6. The topological polar surface area (TPSA) is 92.5 Å². The Hall–Kier alpha value is -2.09. The summed E-state index contributed by atoms with van der Waals surface area (Å²) in [6, 6.07) is 15.0. The van der Waals surface area contributed by atoms with Crippen LogP contribution in [0, 0.1) is 11.8 Å². The normalized spacial score (nSPS) is 23.8. The van der Waals surface area contributed by atoms with Gasteiger partial charge >= 0.3 is 0 Å². The fourth-order valence-corrected chi connectivity index (χ4v) is 5.21. The number of halogens is 1. The lowest BCUT2D eigenvalue weighted by atomic mass is 9.98. The number of para-hydroxylation sites is 1. The highest BCUT2D eigenvalue weighted by molar-refractivity contribution is 7.92. The molecule has 2 aromatic carbocycles. The van der Waals surface area contributed by atoms with Gasteiger partial charge in [-0.2, -0.15) is 0 Å². The number of amides is 1. The zero-order chi connectivity index (χ0) is 19.0. The van der Waals surface area contributed by atoms with Crippen LogP contribution in [-0.2, 0) is 10.0 Å². The lowest BCUT2D eigenvalue weighted by molar-refractivity contribution is 0.0779. The van der Waals surface area contributed by atoms with Crippen LogP contribution in [0.15, 0.2) is 59.5 Å². The molecular weight excluding hydrogens is 398 g/mol. The number of carbonyl (C=O) groups is 1. The minimum atomic E-state index is -3.69. The maximum absolute atomic E-state index is 12.8. The van der Waals surface area contributed by atoms with E-state index in [1.165, 1.54) is 12.1 Å². The van der Waals surface area contributed by atoms with Crippen molar-refractivity contribution in [3.63, 3.8) is 0 Å². The average molecular weight is 422 g/mol. The number of hydrogen-bond acceptors (Lipinski definition) is 4. The van der Waals surface area contributed by atoms with Gasteiger partial charge in [0.25, 0.3) is 15.9 Å². The predicted octanol–water partition coefficient (Wildman–Crippen LogP) is 2.72. The quantitative estimate of drug-likeness (QED) is 0.793. The van der Waals surface area contributed by atoms with Crippen LogP contribution < -0.4 is 10.5 Å². The average Bonchev–Trinajstić information content (AvgIpc) is 3.24. The monoisotopic (exact) mass is 421 g/mol. The number of fused-ring (bicyclic) bond motifs is 1. The molecule has 2 aliphatic rings. The molecule has 8 heteroatoms. The Morgan fingerprint density at radius 2 is 1.68 bits per heavy atom. The van der Waals surface area contributed by atoms with E-state index in [-0.39, 0.29) is 29.3 Å². The second kappa shape index (κ2) is 8.11. The van der Waals surface area contributed by atoms with E-state index in [0.29, 0.717) is 29.6 Å². The molecule has 1 amide bonds. The summed E-state index contributed by atoms with van der Waals surface area (Å²) in [6.07, 6.45) is 2.12. The third-order valence-corrected chi connectivity index (χ3v) is 7.03. The van der Waals surface area contributed by atoms with Gasteiger partial charge in [-0.25, -0.2) is 8.42 Å². The van der Waals surface area contributed by atoms with Gasteiger partial charge in [0.2, 0.25) is 0 Å². The van der Waals surface area contributed by atoms with E-state index in [2.05, 4.69) is 4.72 Å². The van der Waals surface area contributed by atoms with Crippen LogP contribution in [0.1, 0.15) is 23.2 Å². The van der Waals surface area contributed by atoms with Crippen molar-refractivity contribution in [3.8, 4) is 0 Å². The SMILES string of the molecule is Cl.NC1CCC2CN(C(=O)c3ccc(S(=O)(=O)Nc4ccccc4)cc3)CC12. The maximum atomic E-state index is 12.8. The molecule has 0 spiro atoms. The molecule has 2 aromatic rings. The van der Waals surface area contributed by atoms with Crippen molar-refractivity contribution in [1.82, 2.24) is 4.90 Å². The minimum Gasteiger partial charge on any atom is -0.338 e. The fraction of sp³-hybridized carbons (Fsp3) is 0.350. The van der Waals surface area contributed by atoms with E-state index in [9.17, 15) is 13.2 Å². The summed E-state index contributed by atoms with van der Waals surface area (Å²) in [6.45, 7) is 1.44. The fourth-order valence-electron chi connectivity index (χ4n) is 4.15. The number of rotatable bonds is 4. The number of nitrogens with one attached hydrogen (secondary N) is 1. The molecular formula is C20H24ClN3O3S. The number of likely N-dealkylation sites (tertiary alicyclic amines) is 1. The molecule has 1 saturated carbocycles. The largest absolute Gasteiger partial charge is 0.338 e. The van der Waals surface area contributed by atoms with E-state index in [1.807, 2.05) is 11.0 Å². The number of carbonyl (C=O) groups excluding carboxylic acids is 1. The zero-order valence-electron chi connectivity index (χ0n) is 15.3. The van der Waals surface area contributed by atoms with Crippen molar-refractivity contribution in [2.24, 2.45) is 17.6 Å². The summed E-state index contributed by atoms with van der Waals surface area (Å²) in [5.74, 6) is 0.832. The smallest absolute Gasteiger partial charge is 0.261 e. The molecule has 150 valence electrons. The van der Waals surface area contributed by atoms with Gasteiger partial charge in [0, 0.05) is 30.4 Å². The lowest BCUT2D eigenvalue weighted by Crippen LogP contribution is -2.33. The van der Waals surface area contributed by atoms with Gasteiger partial charge in [-0.05, 0) is 61.1 Å². The first-order valence-electron chi connectivity index (χ1n) is 9.17. The Balaban J connectivity index is 0.00000225. The van der Waals surface area contributed by atoms with Gasteiger partial charge in [-0.3, -0.25) is 9.52 Å². The van der Waals surface area contributed by atoms with E-state index in [4.69, 9.17) is 5.73 Å². The summed E-state index contributed by atoms with van der Waals surface area (Å²) < 4.78 is 27.5. The van der Waals surface area contributed by atoms with Crippen molar-refractivity contribution in [1.29, 1.82) is 0 Å². The van der Waals surface area contributed by atoms with Crippen LogP contribution in [-0.4, -0.2) is 38.4 Å². The lowest BCUT2D eigenvalue weighted by Gasteiger charge is -2.19. The van der Waals surface area contributed by atoms with Crippen LogP contribution in [0.2, 0.25) is 0 Å². The second-order valence-corrected chi connectivity index (χ2v) is 9.05. The molecule has 3 unspecified atom stereocenters. The molecule has 1 heterocycles. The number of anilines is 1. The molecule has 3 N–H and O–H groups in total. The van der Waals surface area contributed by atoms with Crippen LogP contribution in [0.3, 0.4) is 0 Å². The summed E-state index contributed by atoms with van der Waals surface area (Å²) in [7, 11) is -3.69. The predicted molar refractivity (Wildman–Crippen MR) is 111 cm³/mol. The number of benzene rings is 2. The molecule has 1 aliphatic carbocycles. The Labute approximate surface area is 171 Å². The van der Waals surface area contributed by atoms with Gasteiger partial charge in [0.15, 0.2) is 0 Å². The van der Waals surface area contributed by atoms with Crippen LogP contribution >= 0.6 is 12.4 Å². The van der Waals surface area contributed by atoms with Gasteiger partial charge in [0.05, 0.1) is 4.90 Å². The Kier molecular flexibility index (Phi) is 5.98. The molecule has 3 atom stereocenters. The summed E-state index contributed by atoms with van der Waals surface area (Å²) >= 11 is 0. The molecule has 1 aliphatic heterocycles. The maximum Gasteiger partial charge on any atom is 0.261 e. The summed E-state index contributed by atoms with van der Waals surface area (Å²) in [5.41, 5.74) is 7.14. The first kappa shape index (κ1) is 20.6. The molecule has 0 aromatic heterocycles. The molecule has 4 rings (SSSR count). The van der Waals surface area contributed by atoms with Crippen LogP contribution in [0.4, 0.5) is 5.69 Å². The first-order chi connectivity index (χ1) is 12.9. The van der Waals surface area contributed by atoms with Crippen molar-refractivity contribution in [3.05, 3.63) is 60.2 Å². The molecule has 28 heavy (non-hydrogen) atoms. The van der Waals surface area contributed by atoms with Gasteiger partial charge in [-0.15, -0.1) is 12.4 Å². The summed E-state index contributed by atoms with van der Waals surface area (Å²) in [5, 5.41) is 0. The van der Waals surface area contributed by atoms with E-state index in [0.717, 1.165) is 19.4 Å². The number of sulfonamides is 1. The Bertz CT molecular complexity index is 935. The standard InChI is InChI=1S/C20H23N3O3S.ClH/c21-19-11-8-15-12-23(13-18(15)19)20(24)14-6-9-17(10-7-14)27(25,26)22-16-4-2-1-3-5-16;/h1-7,9-10,15,18-19,22H,8,11-13,21H2;1H. The molecule has 1 saturated heterocycles. The minimum absolute atomic E-state index is 0. The van der Waals surface area contributed by atoms with Gasteiger partial charge in [-0.1, -0.05) is 18.2 Å². The number of hydrogen-bond donors (Lipinski definition) is 2. The van der Waals surface area contributed by atoms with Crippen molar-refractivity contribution < 1.29 is 13.2 Å². The van der Waals surface area contributed by atoms with E-state index >= 15 is 0 Å². The Morgan fingerprint density at radius 1 is 1.00 bits per heavy atom. The third-order valence-electron chi connectivity index (χ3n) is 5.64. The van der Waals surface area contributed by atoms with Gasteiger partial charge in [0.1, 0.15) is 0 Å². The van der Waals surface area contributed by atoms with Crippen molar-refractivity contribution >= 4 is 34.0 Å². The highest BCUT2D eigenvalue weighted by Gasteiger charge is 2.42. The van der Waals surface area contributed by atoms with Crippen molar-refractivity contribution in [2.75, 3.05) is 17.8 Å². The van der Waals surface area contributed by atoms with Crippen LogP contribution in [0.25, 0.3) is 0 Å².